The van der Waals surface area contributed by atoms with Gasteiger partial charge in [0, 0.05) is 19.3 Å². The molecule has 0 bridgehead atoms. The Hall–Kier alpha value is -7.72. The summed E-state index contributed by atoms with van der Waals surface area (Å²) in [5, 5.41) is 57.6. The lowest BCUT2D eigenvalue weighted by Gasteiger charge is -2.30. The number of aliphatic carboxylic acids is 3. The maximum atomic E-state index is 14.1. The summed E-state index contributed by atoms with van der Waals surface area (Å²) in [6, 6.07) is 14.0. The number of carbonyl (C=O) groups excluding carboxylic acids is 7. The number of carbonyl (C=O) groups is 10. The van der Waals surface area contributed by atoms with Crippen LogP contribution in [0.5, 0.6) is 0 Å². The fraction of sp³-hybridized carbons (Fsp3) is 0.451. The van der Waals surface area contributed by atoms with Crippen molar-refractivity contribution in [3.05, 3.63) is 108 Å². The third kappa shape index (κ3) is 20.9. The molecule has 3 aromatic carbocycles. The smallest absolute Gasteiger partial charge is 0.326 e. The zero-order chi connectivity index (χ0) is 54.4. The van der Waals surface area contributed by atoms with Gasteiger partial charge in [-0.25, -0.2) is 4.79 Å². The fourth-order valence-electron chi connectivity index (χ4n) is 7.44. The highest BCUT2D eigenvalue weighted by Gasteiger charge is 2.37. The highest BCUT2D eigenvalue weighted by molar-refractivity contribution is 5.97. The summed E-state index contributed by atoms with van der Waals surface area (Å²) in [4.78, 5) is 131. The van der Waals surface area contributed by atoms with Gasteiger partial charge in [0.1, 0.15) is 36.3 Å². The number of carboxylic acid groups (broad SMARTS) is 3. The summed E-state index contributed by atoms with van der Waals surface area (Å²) >= 11 is 0. The Balaban J connectivity index is 1.82. The van der Waals surface area contributed by atoms with Gasteiger partial charge in [-0.1, -0.05) is 119 Å². The second kappa shape index (κ2) is 29.6. The standard InChI is InChI=1S/C51H68N8O14/c1-28(2)23-36(56-49(70)42(29(3)4)59-45(66)34(52)21-22-40(60)61)47(68)54-35(24-31-15-9-6-10-16-31)43(64)50(71)57-38(27-41(62)63)46(67)53-30(5)44(65)55-37(25-32-17-11-7-12-18-32)48(69)58-39(51(72)73)26-33-19-13-8-14-20-33/h6-20,28-30,34-39,42-43,64H,21-27,52H2,1-5H3,(H,53,67)(H,54,68)(H,55,65)(H,56,70)(H,57,71)(H,58,69)(H,59,66)(H,60,61)(H,62,63)(H,72,73)/t30-,34-,35-,36-,37-,38-,39-,42-,43+/m0/s1. The maximum absolute atomic E-state index is 14.1. The summed E-state index contributed by atoms with van der Waals surface area (Å²) in [5.74, 6) is -11.5. The highest BCUT2D eigenvalue weighted by atomic mass is 16.4. The van der Waals surface area contributed by atoms with Gasteiger partial charge in [0.25, 0.3) is 5.91 Å². The topological polar surface area (TPSA) is 362 Å². The highest BCUT2D eigenvalue weighted by Crippen LogP contribution is 2.14. The van der Waals surface area contributed by atoms with Crippen molar-refractivity contribution in [2.24, 2.45) is 17.6 Å². The quantitative estimate of drug-likeness (QED) is 0.0416. The molecule has 0 aliphatic carbocycles. The molecule has 0 aliphatic heterocycles. The van der Waals surface area contributed by atoms with E-state index in [-0.39, 0.29) is 38.0 Å². The second-order valence-electron chi connectivity index (χ2n) is 18.4. The van der Waals surface area contributed by atoms with Gasteiger partial charge >= 0.3 is 17.9 Å². The van der Waals surface area contributed by atoms with Crippen LogP contribution in [0, 0.1) is 11.8 Å². The van der Waals surface area contributed by atoms with Crippen molar-refractivity contribution in [2.45, 2.75) is 134 Å². The molecule has 22 nitrogen and oxygen atoms in total. The first-order valence-corrected chi connectivity index (χ1v) is 23.8. The minimum Gasteiger partial charge on any atom is -0.481 e. The van der Waals surface area contributed by atoms with Crippen LogP contribution in [0.1, 0.15) is 77.0 Å². The van der Waals surface area contributed by atoms with E-state index in [1.54, 1.807) is 119 Å². The molecule has 0 aliphatic rings. The van der Waals surface area contributed by atoms with Crippen LogP contribution in [-0.4, -0.2) is 134 Å². The van der Waals surface area contributed by atoms with E-state index in [2.05, 4.69) is 37.2 Å². The van der Waals surface area contributed by atoms with Crippen LogP contribution in [0.25, 0.3) is 0 Å². The second-order valence-corrected chi connectivity index (χ2v) is 18.4. The normalized spacial score (nSPS) is 14.8. The summed E-state index contributed by atoms with van der Waals surface area (Å²) in [7, 11) is 0. The number of nitrogens with two attached hydrogens (primary N) is 1. The van der Waals surface area contributed by atoms with Crippen LogP contribution in [0.2, 0.25) is 0 Å². The van der Waals surface area contributed by atoms with E-state index < -0.39 is 132 Å². The zero-order valence-electron chi connectivity index (χ0n) is 41.4. The van der Waals surface area contributed by atoms with Gasteiger partial charge in [0.2, 0.25) is 35.4 Å². The Labute approximate surface area is 423 Å². The Kier molecular flexibility index (Phi) is 24.1. The van der Waals surface area contributed by atoms with Gasteiger partial charge in [0.05, 0.1) is 18.5 Å². The van der Waals surface area contributed by atoms with E-state index in [1.807, 2.05) is 0 Å². The maximum Gasteiger partial charge on any atom is 0.326 e. The van der Waals surface area contributed by atoms with Crippen LogP contribution in [-0.2, 0) is 67.2 Å². The van der Waals surface area contributed by atoms with Crippen molar-refractivity contribution in [2.75, 3.05) is 0 Å². The molecular weight excluding hydrogens is 949 g/mol. The van der Waals surface area contributed by atoms with Crippen LogP contribution in [0.3, 0.4) is 0 Å². The zero-order valence-corrected chi connectivity index (χ0v) is 41.4. The van der Waals surface area contributed by atoms with E-state index in [0.29, 0.717) is 16.7 Å². The molecule has 0 saturated heterocycles. The van der Waals surface area contributed by atoms with Crippen molar-refractivity contribution in [1.29, 1.82) is 0 Å². The third-order valence-corrected chi connectivity index (χ3v) is 11.4. The largest absolute Gasteiger partial charge is 0.481 e. The van der Waals surface area contributed by atoms with Crippen LogP contribution < -0.4 is 43.0 Å². The molecule has 396 valence electrons. The monoisotopic (exact) mass is 1020 g/mol. The first-order valence-electron chi connectivity index (χ1n) is 23.8. The van der Waals surface area contributed by atoms with Gasteiger partial charge in [0.15, 0.2) is 6.10 Å². The molecular formula is C51H68N8O14. The first-order chi connectivity index (χ1) is 34.4. The van der Waals surface area contributed by atoms with Crippen molar-refractivity contribution >= 4 is 59.3 Å². The number of aliphatic hydroxyl groups excluding tert-OH is 1. The molecule has 3 rings (SSSR count). The van der Waals surface area contributed by atoms with E-state index in [4.69, 9.17) is 10.8 Å². The summed E-state index contributed by atoms with van der Waals surface area (Å²) in [6.45, 7) is 8.01. The number of rotatable bonds is 30. The average molecular weight is 1020 g/mol. The number of nitrogens with one attached hydrogen (secondary N) is 7. The van der Waals surface area contributed by atoms with Crippen molar-refractivity contribution in [3.8, 4) is 0 Å². The van der Waals surface area contributed by atoms with Crippen molar-refractivity contribution < 1.29 is 68.4 Å². The van der Waals surface area contributed by atoms with E-state index in [9.17, 15) is 63.3 Å². The van der Waals surface area contributed by atoms with Crippen molar-refractivity contribution in [3.63, 3.8) is 0 Å². The van der Waals surface area contributed by atoms with Gasteiger partial charge in [-0.3, -0.25) is 43.2 Å². The summed E-state index contributed by atoms with van der Waals surface area (Å²) in [5.41, 5.74) is 7.61. The molecule has 7 amide bonds. The number of aliphatic hydroxyl groups is 1. The van der Waals surface area contributed by atoms with Crippen molar-refractivity contribution in [1.82, 2.24) is 37.2 Å². The third-order valence-electron chi connectivity index (χ3n) is 11.4. The van der Waals surface area contributed by atoms with Gasteiger partial charge in [-0.05, 0) is 54.7 Å². The van der Waals surface area contributed by atoms with E-state index in [1.165, 1.54) is 6.92 Å². The number of benzene rings is 3. The SMILES string of the molecule is CC(C)C[C@H](NC(=O)[C@@H](NC(=O)[C@@H](N)CCC(=O)O)C(C)C)C(=O)N[C@@H](Cc1ccccc1)[C@@H](O)C(=O)N[C@@H](CC(=O)O)C(=O)N[C@@H](C)C(=O)N[C@@H](Cc1ccccc1)C(=O)N[C@@H](Cc1ccccc1)C(=O)O. The van der Waals surface area contributed by atoms with Gasteiger partial charge < -0.3 is 63.4 Å². The molecule has 0 aromatic heterocycles. The summed E-state index contributed by atoms with van der Waals surface area (Å²) < 4.78 is 0. The lowest BCUT2D eigenvalue weighted by atomic mass is 9.97. The predicted octanol–water partition coefficient (Wildman–Crippen LogP) is -0.0576. The minimum absolute atomic E-state index is 0.0379. The van der Waals surface area contributed by atoms with E-state index in [0.717, 1.165) is 0 Å². The molecule has 3 aromatic rings. The van der Waals surface area contributed by atoms with Crippen LogP contribution in [0.15, 0.2) is 91.0 Å². The molecule has 22 heteroatoms. The molecule has 9 atom stereocenters. The van der Waals surface area contributed by atoms with Gasteiger partial charge in [-0.2, -0.15) is 0 Å². The van der Waals surface area contributed by atoms with Gasteiger partial charge in [-0.15, -0.1) is 0 Å². The fourth-order valence-corrected chi connectivity index (χ4v) is 7.44. The Morgan fingerprint density at radius 1 is 0.479 bits per heavy atom. The predicted molar refractivity (Wildman–Crippen MR) is 265 cm³/mol. The lowest BCUT2D eigenvalue weighted by molar-refractivity contribution is -0.142. The minimum atomic E-state index is -2.16. The Morgan fingerprint density at radius 2 is 0.932 bits per heavy atom. The number of carboxylic acids is 3. The Morgan fingerprint density at radius 3 is 1.41 bits per heavy atom. The molecule has 0 heterocycles. The molecule has 0 fully saturated rings. The number of hydrogen-bond acceptors (Lipinski definition) is 12. The first kappa shape index (κ1) is 59.6. The Bertz CT molecular complexity index is 2360. The lowest BCUT2D eigenvalue weighted by Crippen LogP contribution is -2.61. The molecule has 0 radical (unpaired) electrons. The van der Waals surface area contributed by atoms with Crippen LogP contribution in [0.4, 0.5) is 0 Å². The van der Waals surface area contributed by atoms with Crippen LogP contribution >= 0.6 is 0 Å². The number of hydrogen-bond donors (Lipinski definition) is 12. The molecule has 0 saturated carbocycles. The molecule has 13 N–H and O–H groups in total. The van der Waals surface area contributed by atoms with E-state index >= 15 is 0 Å². The average Bonchev–Trinajstić information content (AvgIpc) is 3.33. The number of amides is 7. The summed E-state index contributed by atoms with van der Waals surface area (Å²) in [6.07, 6.45) is -4.10. The molecule has 73 heavy (non-hydrogen) atoms. The molecule has 0 unspecified atom stereocenters. The molecule has 0 spiro atoms.